The molecule has 0 aliphatic heterocycles. The summed E-state index contributed by atoms with van der Waals surface area (Å²) >= 11 is 0. The van der Waals surface area contributed by atoms with Gasteiger partial charge in [-0.25, -0.2) is 18.6 Å². The zero-order valence-electron chi connectivity index (χ0n) is 8.07. The van der Waals surface area contributed by atoms with Gasteiger partial charge >= 0.3 is 5.97 Å². The highest BCUT2D eigenvalue weighted by atomic mass is 19.3. The first-order valence-electron chi connectivity index (χ1n) is 4.01. The van der Waals surface area contributed by atoms with Gasteiger partial charge in [-0.05, 0) is 0 Å². The van der Waals surface area contributed by atoms with Crippen LogP contribution in [0.1, 0.15) is 28.0 Å². The monoisotopic (exact) mass is 228 g/mol. The third-order valence-corrected chi connectivity index (χ3v) is 1.81. The van der Waals surface area contributed by atoms with E-state index in [1.807, 2.05) is 0 Å². The standard InChI is InChI=1S/C9H6F2N2O3/c1-16-9(15)6-4(8(10)11)3-13-5(2-12)7(6)14/h3,8,14H,1H3. The Balaban J connectivity index is 3.50. The van der Waals surface area contributed by atoms with Crippen LogP contribution in [0.4, 0.5) is 8.78 Å². The molecule has 0 fully saturated rings. The van der Waals surface area contributed by atoms with Crippen LogP contribution in [0.15, 0.2) is 6.20 Å². The number of carbonyl (C=O) groups excluding carboxylic acids is 1. The minimum Gasteiger partial charge on any atom is -0.504 e. The van der Waals surface area contributed by atoms with Crippen LogP contribution in [0, 0.1) is 11.3 Å². The van der Waals surface area contributed by atoms with E-state index in [4.69, 9.17) is 5.26 Å². The van der Waals surface area contributed by atoms with Crippen LogP contribution >= 0.6 is 0 Å². The van der Waals surface area contributed by atoms with Crippen LogP contribution in [0.2, 0.25) is 0 Å². The summed E-state index contributed by atoms with van der Waals surface area (Å²) in [5.74, 6) is -2.04. The van der Waals surface area contributed by atoms with Crippen molar-refractivity contribution >= 4 is 5.97 Å². The van der Waals surface area contributed by atoms with E-state index < -0.39 is 35.0 Å². The molecule has 84 valence electrons. The molecule has 0 aliphatic rings. The number of carbonyl (C=O) groups is 1. The average molecular weight is 228 g/mol. The summed E-state index contributed by atoms with van der Waals surface area (Å²) in [6, 6.07) is 1.47. The van der Waals surface area contributed by atoms with Crippen molar-refractivity contribution in [2.45, 2.75) is 6.43 Å². The van der Waals surface area contributed by atoms with Crippen LogP contribution in [-0.2, 0) is 4.74 Å². The van der Waals surface area contributed by atoms with Crippen molar-refractivity contribution in [3.05, 3.63) is 23.0 Å². The summed E-state index contributed by atoms with van der Waals surface area (Å²) < 4.78 is 29.2. The van der Waals surface area contributed by atoms with Gasteiger partial charge in [-0.2, -0.15) is 5.26 Å². The molecule has 0 aliphatic carbocycles. The van der Waals surface area contributed by atoms with Crippen molar-refractivity contribution in [2.75, 3.05) is 7.11 Å². The quantitative estimate of drug-likeness (QED) is 0.773. The van der Waals surface area contributed by atoms with Crippen molar-refractivity contribution in [3.63, 3.8) is 0 Å². The number of halogens is 2. The van der Waals surface area contributed by atoms with Gasteiger partial charge in [-0.15, -0.1) is 0 Å². The minimum atomic E-state index is -3.00. The fourth-order valence-electron chi connectivity index (χ4n) is 1.08. The smallest absolute Gasteiger partial charge is 0.342 e. The Bertz CT molecular complexity index is 469. The van der Waals surface area contributed by atoms with Gasteiger partial charge < -0.3 is 9.84 Å². The predicted octanol–water partition coefficient (Wildman–Crippen LogP) is 1.38. The van der Waals surface area contributed by atoms with E-state index in [2.05, 4.69) is 9.72 Å². The molecule has 0 amide bonds. The zero-order valence-corrected chi connectivity index (χ0v) is 8.07. The first-order valence-corrected chi connectivity index (χ1v) is 4.01. The number of alkyl halides is 2. The molecule has 1 aromatic rings. The van der Waals surface area contributed by atoms with E-state index in [-0.39, 0.29) is 0 Å². The Labute approximate surface area is 88.9 Å². The summed E-state index contributed by atoms with van der Waals surface area (Å²) in [6.45, 7) is 0. The first-order chi connectivity index (χ1) is 7.52. The van der Waals surface area contributed by atoms with Gasteiger partial charge in [0.25, 0.3) is 6.43 Å². The van der Waals surface area contributed by atoms with Gasteiger partial charge in [0.05, 0.1) is 12.7 Å². The molecule has 1 heterocycles. The van der Waals surface area contributed by atoms with Gasteiger partial charge in [0.15, 0.2) is 11.4 Å². The average Bonchev–Trinajstić information content (AvgIpc) is 2.27. The molecule has 16 heavy (non-hydrogen) atoms. The van der Waals surface area contributed by atoms with Crippen LogP contribution in [0.25, 0.3) is 0 Å². The van der Waals surface area contributed by atoms with Gasteiger partial charge in [-0.1, -0.05) is 0 Å². The van der Waals surface area contributed by atoms with E-state index in [0.29, 0.717) is 6.20 Å². The lowest BCUT2D eigenvalue weighted by Gasteiger charge is -2.08. The second kappa shape index (κ2) is 4.53. The highest BCUT2D eigenvalue weighted by Crippen LogP contribution is 2.30. The van der Waals surface area contributed by atoms with E-state index in [9.17, 15) is 18.7 Å². The molecule has 0 saturated heterocycles. The molecule has 7 heteroatoms. The molecule has 1 N–H and O–H groups in total. The van der Waals surface area contributed by atoms with Crippen molar-refractivity contribution in [2.24, 2.45) is 0 Å². The first kappa shape index (κ1) is 11.8. The highest BCUT2D eigenvalue weighted by Gasteiger charge is 2.25. The molecule has 0 bridgehead atoms. The second-order valence-corrected chi connectivity index (χ2v) is 2.69. The van der Waals surface area contributed by atoms with E-state index in [1.165, 1.54) is 6.07 Å². The van der Waals surface area contributed by atoms with Crippen molar-refractivity contribution in [3.8, 4) is 11.8 Å². The number of nitrogens with zero attached hydrogens (tertiary/aromatic N) is 2. The van der Waals surface area contributed by atoms with Crippen molar-refractivity contribution in [1.82, 2.24) is 4.98 Å². The van der Waals surface area contributed by atoms with Crippen LogP contribution in [0.5, 0.6) is 5.75 Å². The van der Waals surface area contributed by atoms with E-state index >= 15 is 0 Å². The Morgan fingerprint density at radius 2 is 2.31 bits per heavy atom. The lowest BCUT2D eigenvalue weighted by molar-refractivity contribution is 0.0585. The zero-order chi connectivity index (χ0) is 12.3. The van der Waals surface area contributed by atoms with Crippen LogP contribution in [-0.4, -0.2) is 23.2 Å². The molecular formula is C9H6F2N2O3. The molecular weight excluding hydrogens is 222 g/mol. The summed E-state index contributed by atoms with van der Waals surface area (Å²) in [7, 11) is 0.976. The van der Waals surface area contributed by atoms with E-state index in [1.54, 1.807) is 0 Å². The van der Waals surface area contributed by atoms with Gasteiger partial charge in [-0.3, -0.25) is 0 Å². The molecule has 1 aromatic heterocycles. The summed E-state index contributed by atoms with van der Waals surface area (Å²) in [5.41, 5.74) is -2.02. The van der Waals surface area contributed by atoms with Crippen molar-refractivity contribution < 1.29 is 23.4 Å². The Morgan fingerprint density at radius 1 is 1.69 bits per heavy atom. The molecule has 1 rings (SSSR count). The Hall–Kier alpha value is -2.23. The number of hydrogen-bond acceptors (Lipinski definition) is 5. The molecule has 0 unspecified atom stereocenters. The largest absolute Gasteiger partial charge is 0.504 e. The third kappa shape index (κ3) is 1.91. The maximum atomic E-state index is 12.5. The molecule has 0 aromatic carbocycles. The van der Waals surface area contributed by atoms with Gasteiger partial charge in [0.1, 0.15) is 11.6 Å². The number of ether oxygens (including phenoxy) is 1. The molecule has 5 nitrogen and oxygen atoms in total. The minimum absolute atomic E-state index is 0.509. The topological polar surface area (TPSA) is 83.2 Å². The maximum Gasteiger partial charge on any atom is 0.342 e. The van der Waals surface area contributed by atoms with Gasteiger partial charge in [0.2, 0.25) is 0 Å². The Kier molecular flexibility index (Phi) is 3.35. The number of hydrogen-bond donors (Lipinski definition) is 1. The summed E-state index contributed by atoms with van der Waals surface area (Å²) in [6.07, 6.45) is -2.34. The fraction of sp³-hybridized carbons (Fsp3) is 0.222. The number of aromatic hydroxyl groups is 1. The van der Waals surface area contributed by atoms with Gasteiger partial charge in [0, 0.05) is 6.20 Å². The molecule has 0 saturated carbocycles. The molecule has 0 spiro atoms. The lowest BCUT2D eigenvalue weighted by atomic mass is 10.1. The number of pyridine rings is 1. The molecule has 0 radical (unpaired) electrons. The highest BCUT2D eigenvalue weighted by molar-refractivity contribution is 5.94. The number of nitriles is 1. The van der Waals surface area contributed by atoms with Crippen molar-refractivity contribution in [1.29, 1.82) is 5.26 Å². The SMILES string of the molecule is COC(=O)c1c(C(F)F)cnc(C#N)c1O. The number of aromatic nitrogens is 1. The third-order valence-electron chi connectivity index (χ3n) is 1.81. The number of methoxy groups -OCH3 is 1. The summed E-state index contributed by atoms with van der Waals surface area (Å²) in [4.78, 5) is 14.5. The predicted molar refractivity (Wildman–Crippen MR) is 46.9 cm³/mol. The fourth-order valence-corrected chi connectivity index (χ4v) is 1.08. The Morgan fingerprint density at radius 3 is 2.75 bits per heavy atom. The molecule has 0 atom stereocenters. The second-order valence-electron chi connectivity index (χ2n) is 2.69. The lowest BCUT2D eigenvalue weighted by Crippen LogP contribution is -2.08. The van der Waals surface area contributed by atoms with E-state index in [0.717, 1.165) is 7.11 Å². The number of esters is 1. The maximum absolute atomic E-state index is 12.5. The summed E-state index contributed by atoms with van der Waals surface area (Å²) in [5, 5.41) is 17.9. The van der Waals surface area contributed by atoms with Crippen LogP contribution in [0.3, 0.4) is 0 Å². The normalized spacial score (nSPS) is 9.94. The number of rotatable bonds is 2. The van der Waals surface area contributed by atoms with Crippen LogP contribution < -0.4 is 0 Å².